The van der Waals surface area contributed by atoms with Crippen molar-refractivity contribution < 1.29 is 4.39 Å². The zero-order valence-corrected chi connectivity index (χ0v) is 16.4. The number of hydrogen-bond donors (Lipinski definition) is 1. The topological polar surface area (TPSA) is 36.3 Å². The lowest BCUT2D eigenvalue weighted by Crippen LogP contribution is -2.54. The Kier molecular flexibility index (Phi) is 3.74. The highest BCUT2D eigenvalue weighted by molar-refractivity contribution is 5.94. The highest BCUT2D eigenvalue weighted by atomic mass is 19.1. The van der Waals surface area contributed by atoms with E-state index in [0.717, 1.165) is 52.7 Å². The Morgan fingerprint density at radius 1 is 1.11 bits per heavy atom. The third kappa shape index (κ3) is 2.52. The minimum absolute atomic E-state index is 0.236. The van der Waals surface area contributed by atoms with Crippen molar-refractivity contribution in [2.45, 2.75) is 25.9 Å². The predicted molar refractivity (Wildman–Crippen MR) is 113 cm³/mol. The van der Waals surface area contributed by atoms with E-state index in [-0.39, 0.29) is 5.82 Å². The largest absolute Gasteiger partial charge is 0.353 e. The van der Waals surface area contributed by atoms with Crippen LogP contribution in [0.1, 0.15) is 19.5 Å². The van der Waals surface area contributed by atoms with Crippen LogP contribution in [0.5, 0.6) is 0 Å². The second kappa shape index (κ2) is 6.07. The number of pyridine rings is 1. The van der Waals surface area contributed by atoms with E-state index in [2.05, 4.69) is 52.2 Å². The van der Waals surface area contributed by atoms with E-state index in [1.807, 2.05) is 19.2 Å². The zero-order valence-electron chi connectivity index (χ0n) is 16.4. The second-order valence-electron chi connectivity index (χ2n) is 7.96. The van der Waals surface area contributed by atoms with Gasteiger partial charge >= 0.3 is 0 Å². The number of nitrogens with one attached hydrogen (secondary N) is 1. The van der Waals surface area contributed by atoms with E-state index in [1.54, 1.807) is 6.07 Å². The Hall–Kier alpha value is -2.86. The van der Waals surface area contributed by atoms with E-state index in [4.69, 9.17) is 4.98 Å². The quantitative estimate of drug-likeness (QED) is 0.700. The molecule has 5 rings (SSSR count). The molecule has 0 spiro atoms. The predicted octanol–water partition coefficient (Wildman–Crippen LogP) is 3.77. The number of piperazine rings is 1. The summed E-state index contributed by atoms with van der Waals surface area (Å²) in [5.41, 5.74) is 3.77. The number of fused-ring (bicyclic) bond motifs is 5. The van der Waals surface area contributed by atoms with Crippen LogP contribution in [0, 0.1) is 5.82 Å². The third-order valence-corrected chi connectivity index (χ3v) is 5.76. The fourth-order valence-electron chi connectivity index (χ4n) is 4.49. The van der Waals surface area contributed by atoms with Gasteiger partial charge in [0, 0.05) is 37.6 Å². The monoisotopic (exact) mass is 377 g/mol. The van der Waals surface area contributed by atoms with Gasteiger partial charge in [0.15, 0.2) is 5.82 Å². The first-order valence-electron chi connectivity index (χ1n) is 9.69. The van der Waals surface area contributed by atoms with Gasteiger partial charge in [0.2, 0.25) is 0 Å². The van der Waals surface area contributed by atoms with Crippen molar-refractivity contribution in [3.63, 3.8) is 0 Å². The van der Waals surface area contributed by atoms with Crippen LogP contribution < -0.4 is 15.1 Å². The molecule has 0 aliphatic carbocycles. The summed E-state index contributed by atoms with van der Waals surface area (Å²) >= 11 is 0. The first-order valence-corrected chi connectivity index (χ1v) is 9.69. The van der Waals surface area contributed by atoms with Gasteiger partial charge in [-0.15, -0.1) is 0 Å². The first-order chi connectivity index (χ1) is 13.4. The normalized spacial score (nSPS) is 21.8. The molecule has 28 heavy (non-hydrogen) atoms. The highest BCUT2D eigenvalue weighted by Crippen LogP contribution is 2.40. The van der Waals surface area contributed by atoms with Gasteiger partial charge in [0.25, 0.3) is 0 Å². The lowest BCUT2D eigenvalue weighted by atomic mass is 10.1. The molecule has 2 aromatic heterocycles. The number of aromatic nitrogens is 2. The van der Waals surface area contributed by atoms with E-state index in [9.17, 15) is 4.39 Å². The van der Waals surface area contributed by atoms with Crippen LogP contribution in [0.15, 0.2) is 43.0 Å². The van der Waals surface area contributed by atoms with Crippen molar-refractivity contribution in [3.8, 4) is 5.82 Å². The lowest BCUT2D eigenvalue weighted by molar-refractivity contribution is 0.405. The fraction of sp³-hybridized carbons (Fsp3) is 0.318. The average Bonchev–Trinajstić information content (AvgIpc) is 3.03. The molecule has 0 saturated carbocycles. The van der Waals surface area contributed by atoms with Crippen LogP contribution in [0.25, 0.3) is 22.4 Å². The van der Waals surface area contributed by atoms with Crippen molar-refractivity contribution in [2.24, 2.45) is 0 Å². The Balaban J connectivity index is 1.69. The van der Waals surface area contributed by atoms with Gasteiger partial charge in [-0.2, -0.15) is 0 Å². The molecule has 5 nitrogen and oxygen atoms in total. The van der Waals surface area contributed by atoms with Crippen LogP contribution in [0.2, 0.25) is 0 Å². The van der Waals surface area contributed by atoms with Crippen LogP contribution in [-0.4, -0.2) is 41.8 Å². The van der Waals surface area contributed by atoms with Crippen molar-refractivity contribution in [1.29, 1.82) is 0 Å². The lowest BCUT2D eigenvalue weighted by Gasteiger charge is -2.38. The molecule has 6 heteroatoms. The molecule has 0 amide bonds. The maximum atomic E-state index is 13.8. The molecule has 144 valence electrons. The van der Waals surface area contributed by atoms with Crippen LogP contribution >= 0.6 is 0 Å². The van der Waals surface area contributed by atoms with E-state index in [1.165, 1.54) is 6.07 Å². The summed E-state index contributed by atoms with van der Waals surface area (Å²) in [5.74, 6) is 1.60. The Labute approximate surface area is 164 Å². The van der Waals surface area contributed by atoms with Gasteiger partial charge in [0.05, 0.1) is 22.6 Å². The number of benzene rings is 1. The minimum atomic E-state index is -0.236. The summed E-state index contributed by atoms with van der Waals surface area (Å²) in [6.45, 7) is 10.5. The molecule has 0 bridgehead atoms. The SMILES string of the molecule is C=C1c2cc3cc(F)ccc3n2-c2nc(N3C[C@@H](C)N[C@@H](C)C3)ccc2N1C. The van der Waals surface area contributed by atoms with Crippen molar-refractivity contribution in [1.82, 2.24) is 14.9 Å². The number of halogens is 1. The van der Waals surface area contributed by atoms with Crippen LogP contribution in [-0.2, 0) is 0 Å². The summed E-state index contributed by atoms with van der Waals surface area (Å²) < 4.78 is 15.9. The summed E-state index contributed by atoms with van der Waals surface area (Å²) in [5, 5.41) is 4.42. The van der Waals surface area contributed by atoms with Gasteiger partial charge in [-0.25, -0.2) is 9.37 Å². The molecule has 3 aromatic rings. The summed E-state index contributed by atoms with van der Waals surface area (Å²) in [7, 11) is 2.00. The molecular weight excluding hydrogens is 353 g/mol. The summed E-state index contributed by atoms with van der Waals surface area (Å²) in [4.78, 5) is 9.45. The molecule has 1 fully saturated rings. The van der Waals surface area contributed by atoms with E-state index < -0.39 is 0 Å². The Morgan fingerprint density at radius 3 is 2.61 bits per heavy atom. The molecule has 2 aliphatic rings. The van der Waals surface area contributed by atoms with E-state index >= 15 is 0 Å². The smallest absolute Gasteiger partial charge is 0.164 e. The maximum Gasteiger partial charge on any atom is 0.164 e. The first kappa shape index (κ1) is 17.3. The van der Waals surface area contributed by atoms with Gasteiger partial charge in [-0.3, -0.25) is 4.57 Å². The van der Waals surface area contributed by atoms with Crippen molar-refractivity contribution in [2.75, 3.05) is 29.9 Å². The Morgan fingerprint density at radius 2 is 1.86 bits per heavy atom. The molecule has 1 aromatic carbocycles. The van der Waals surface area contributed by atoms with Gasteiger partial charge in [-0.1, -0.05) is 6.58 Å². The standard InChI is InChI=1S/C22H24FN5/c1-13-11-27(12-14(2)24-13)21-8-7-19-22(25-21)28-18-6-5-17(23)9-16(18)10-20(28)15(3)26(19)4/h5-10,13-14,24H,3,11-12H2,1-2,4H3/t13-,14+. The number of anilines is 2. The maximum absolute atomic E-state index is 13.8. The van der Waals surface area contributed by atoms with Gasteiger partial charge in [-0.05, 0) is 50.2 Å². The number of nitrogens with zero attached hydrogens (tertiary/aromatic N) is 4. The van der Waals surface area contributed by atoms with Gasteiger partial charge < -0.3 is 15.1 Å². The molecule has 1 N–H and O–H groups in total. The molecule has 4 heterocycles. The van der Waals surface area contributed by atoms with Crippen molar-refractivity contribution in [3.05, 3.63) is 54.5 Å². The minimum Gasteiger partial charge on any atom is -0.353 e. The zero-order chi connectivity index (χ0) is 19.6. The summed E-state index contributed by atoms with van der Waals surface area (Å²) in [6, 6.07) is 11.9. The molecule has 1 saturated heterocycles. The van der Waals surface area contributed by atoms with E-state index in [0.29, 0.717) is 12.1 Å². The average molecular weight is 377 g/mol. The third-order valence-electron chi connectivity index (χ3n) is 5.76. The molecule has 0 unspecified atom stereocenters. The van der Waals surface area contributed by atoms with Crippen molar-refractivity contribution >= 4 is 28.1 Å². The van der Waals surface area contributed by atoms with Crippen LogP contribution in [0.3, 0.4) is 0 Å². The molecule has 2 atom stereocenters. The number of rotatable bonds is 1. The molecule has 2 aliphatic heterocycles. The Bertz CT molecular complexity index is 1090. The number of hydrogen-bond acceptors (Lipinski definition) is 4. The highest BCUT2D eigenvalue weighted by Gasteiger charge is 2.28. The van der Waals surface area contributed by atoms with Crippen LogP contribution in [0.4, 0.5) is 15.9 Å². The van der Waals surface area contributed by atoms with Gasteiger partial charge in [0.1, 0.15) is 11.6 Å². The molecular formula is C22H24FN5. The second-order valence-corrected chi connectivity index (χ2v) is 7.96. The fourth-order valence-corrected chi connectivity index (χ4v) is 4.49. The summed E-state index contributed by atoms with van der Waals surface area (Å²) in [6.07, 6.45) is 0. The molecule has 0 radical (unpaired) electrons.